The molecule has 0 unspecified atom stereocenters. The van der Waals surface area contributed by atoms with Crippen molar-refractivity contribution in [2.45, 2.75) is 4.90 Å². The molecular formula is C16H17N3O4S2. The maximum Gasteiger partial charge on any atom is 0.248 e. The normalized spacial score (nSPS) is 16.2. The number of sulfonamides is 1. The Labute approximate surface area is 150 Å². The van der Waals surface area contributed by atoms with Gasteiger partial charge in [0.2, 0.25) is 15.9 Å². The van der Waals surface area contributed by atoms with Gasteiger partial charge in [-0.1, -0.05) is 0 Å². The van der Waals surface area contributed by atoms with E-state index in [1.165, 1.54) is 33.9 Å². The van der Waals surface area contributed by atoms with Crippen molar-refractivity contribution in [3.63, 3.8) is 0 Å². The molecule has 2 heterocycles. The molecule has 0 atom stereocenters. The average Bonchev–Trinajstić information content (AvgIpc) is 3.15. The van der Waals surface area contributed by atoms with Crippen LogP contribution in [-0.4, -0.2) is 49.9 Å². The maximum absolute atomic E-state index is 12.5. The van der Waals surface area contributed by atoms with Crippen LogP contribution in [0.25, 0.3) is 6.08 Å². The fourth-order valence-corrected chi connectivity index (χ4v) is 4.23. The number of amides is 1. The Morgan fingerprint density at radius 2 is 1.96 bits per heavy atom. The van der Waals surface area contributed by atoms with Crippen molar-refractivity contribution < 1.29 is 17.9 Å². The molecule has 2 aromatic rings. The topological polar surface area (TPSA) is 88.6 Å². The van der Waals surface area contributed by atoms with Gasteiger partial charge in [-0.3, -0.25) is 4.79 Å². The molecule has 132 valence electrons. The third kappa shape index (κ3) is 4.51. The number of aromatic nitrogens is 1. The van der Waals surface area contributed by atoms with Gasteiger partial charge in [-0.25, -0.2) is 13.4 Å². The van der Waals surface area contributed by atoms with Gasteiger partial charge in [0.1, 0.15) is 0 Å². The monoisotopic (exact) mass is 379 g/mol. The minimum atomic E-state index is -3.53. The summed E-state index contributed by atoms with van der Waals surface area (Å²) in [7, 11) is -3.53. The van der Waals surface area contributed by atoms with Crippen LogP contribution in [-0.2, 0) is 19.6 Å². The van der Waals surface area contributed by atoms with Gasteiger partial charge in [0.15, 0.2) is 0 Å². The van der Waals surface area contributed by atoms with Crippen LogP contribution < -0.4 is 5.32 Å². The van der Waals surface area contributed by atoms with Crippen LogP contribution in [0.4, 0.5) is 5.69 Å². The minimum absolute atomic E-state index is 0.199. The largest absolute Gasteiger partial charge is 0.379 e. The van der Waals surface area contributed by atoms with E-state index in [0.29, 0.717) is 37.7 Å². The fraction of sp³-hybridized carbons (Fsp3) is 0.250. The number of benzene rings is 1. The van der Waals surface area contributed by atoms with E-state index in [9.17, 15) is 13.2 Å². The summed E-state index contributed by atoms with van der Waals surface area (Å²) in [4.78, 5) is 16.1. The second-order valence-electron chi connectivity index (χ2n) is 5.28. The number of hydrogen-bond acceptors (Lipinski definition) is 6. The van der Waals surface area contributed by atoms with Crippen molar-refractivity contribution in [1.82, 2.24) is 9.29 Å². The highest BCUT2D eigenvalue weighted by atomic mass is 32.2. The van der Waals surface area contributed by atoms with Crippen molar-refractivity contribution >= 4 is 39.0 Å². The number of nitrogens with one attached hydrogen (secondary N) is 1. The van der Waals surface area contributed by atoms with Gasteiger partial charge in [-0.05, 0) is 30.3 Å². The van der Waals surface area contributed by atoms with Gasteiger partial charge in [-0.2, -0.15) is 4.31 Å². The van der Waals surface area contributed by atoms with E-state index in [4.69, 9.17) is 4.74 Å². The Balaban J connectivity index is 1.64. The molecule has 3 rings (SSSR count). The average molecular weight is 379 g/mol. The van der Waals surface area contributed by atoms with Crippen LogP contribution in [0.2, 0.25) is 0 Å². The molecule has 0 aliphatic carbocycles. The van der Waals surface area contributed by atoms with Crippen LogP contribution >= 0.6 is 11.3 Å². The summed E-state index contributed by atoms with van der Waals surface area (Å²) in [6.45, 7) is 1.50. The number of nitrogens with zero attached hydrogens (tertiary/aromatic N) is 2. The van der Waals surface area contributed by atoms with Gasteiger partial charge in [0.25, 0.3) is 0 Å². The van der Waals surface area contributed by atoms with Gasteiger partial charge >= 0.3 is 0 Å². The Kier molecular flexibility index (Phi) is 5.59. The maximum atomic E-state index is 12.5. The molecule has 1 fully saturated rings. The SMILES string of the molecule is O=C(C=Cc1cscn1)Nc1ccc(S(=O)(=O)N2CCOCC2)cc1. The van der Waals surface area contributed by atoms with Crippen LogP contribution in [0.15, 0.2) is 46.1 Å². The van der Waals surface area contributed by atoms with Crippen LogP contribution in [0.1, 0.15) is 5.69 Å². The molecular weight excluding hydrogens is 362 g/mol. The molecule has 1 amide bonds. The first-order valence-electron chi connectivity index (χ1n) is 7.61. The number of ether oxygens (including phenoxy) is 1. The molecule has 9 heteroatoms. The predicted octanol–water partition coefficient (Wildman–Crippen LogP) is 1.82. The van der Waals surface area contributed by atoms with Gasteiger partial charge in [-0.15, -0.1) is 11.3 Å². The summed E-state index contributed by atoms with van der Waals surface area (Å²) in [6, 6.07) is 6.12. The summed E-state index contributed by atoms with van der Waals surface area (Å²) < 4.78 is 31.6. The predicted molar refractivity (Wildman–Crippen MR) is 95.8 cm³/mol. The molecule has 1 aromatic carbocycles. The summed E-state index contributed by atoms with van der Waals surface area (Å²) in [6.07, 6.45) is 3.00. The molecule has 7 nitrogen and oxygen atoms in total. The van der Waals surface area contributed by atoms with Gasteiger partial charge in [0, 0.05) is 30.2 Å². The number of anilines is 1. The minimum Gasteiger partial charge on any atom is -0.379 e. The molecule has 1 saturated heterocycles. The lowest BCUT2D eigenvalue weighted by molar-refractivity contribution is -0.111. The highest BCUT2D eigenvalue weighted by Crippen LogP contribution is 2.19. The fourth-order valence-electron chi connectivity index (χ4n) is 2.30. The molecule has 0 spiro atoms. The van der Waals surface area contributed by atoms with Crippen molar-refractivity contribution in [2.75, 3.05) is 31.6 Å². The summed E-state index contributed by atoms with van der Waals surface area (Å²) in [5.74, 6) is -0.309. The van der Waals surface area contributed by atoms with E-state index < -0.39 is 10.0 Å². The van der Waals surface area contributed by atoms with E-state index in [-0.39, 0.29) is 10.8 Å². The van der Waals surface area contributed by atoms with Crippen molar-refractivity contribution in [3.8, 4) is 0 Å². The first-order chi connectivity index (χ1) is 12.1. The summed E-state index contributed by atoms with van der Waals surface area (Å²) in [5.41, 5.74) is 2.92. The van der Waals surface area contributed by atoms with E-state index in [2.05, 4.69) is 10.3 Å². The van der Waals surface area contributed by atoms with Crippen molar-refractivity contribution in [3.05, 3.63) is 46.9 Å². The molecule has 1 aliphatic rings. The Bertz CT molecular complexity index is 840. The number of hydrogen-bond donors (Lipinski definition) is 1. The quantitative estimate of drug-likeness (QED) is 0.801. The van der Waals surface area contributed by atoms with E-state index in [0.717, 1.165) is 0 Å². The number of carbonyl (C=O) groups excluding carboxylic acids is 1. The van der Waals surface area contributed by atoms with E-state index in [1.54, 1.807) is 23.7 Å². The molecule has 0 bridgehead atoms. The molecule has 1 aromatic heterocycles. The zero-order valence-corrected chi connectivity index (χ0v) is 14.9. The zero-order chi connectivity index (χ0) is 17.7. The lowest BCUT2D eigenvalue weighted by Gasteiger charge is -2.26. The van der Waals surface area contributed by atoms with Gasteiger partial charge in [0.05, 0.1) is 29.3 Å². The smallest absolute Gasteiger partial charge is 0.248 e. The summed E-state index contributed by atoms with van der Waals surface area (Å²) in [5, 5.41) is 4.51. The Hall–Kier alpha value is -2.07. The molecule has 1 aliphatic heterocycles. The van der Waals surface area contributed by atoms with E-state index in [1.807, 2.05) is 5.38 Å². The Morgan fingerprint density at radius 1 is 1.24 bits per heavy atom. The Morgan fingerprint density at radius 3 is 2.60 bits per heavy atom. The van der Waals surface area contributed by atoms with Crippen molar-refractivity contribution in [1.29, 1.82) is 0 Å². The lowest BCUT2D eigenvalue weighted by Crippen LogP contribution is -2.40. The van der Waals surface area contributed by atoms with Gasteiger partial charge < -0.3 is 10.1 Å². The molecule has 25 heavy (non-hydrogen) atoms. The van der Waals surface area contributed by atoms with Crippen LogP contribution in [0.3, 0.4) is 0 Å². The van der Waals surface area contributed by atoms with E-state index >= 15 is 0 Å². The molecule has 1 N–H and O–H groups in total. The second-order valence-corrected chi connectivity index (χ2v) is 7.93. The number of carbonyl (C=O) groups is 1. The van der Waals surface area contributed by atoms with Crippen LogP contribution in [0.5, 0.6) is 0 Å². The lowest BCUT2D eigenvalue weighted by atomic mass is 10.3. The number of rotatable bonds is 5. The van der Waals surface area contributed by atoms with Crippen molar-refractivity contribution in [2.24, 2.45) is 0 Å². The number of morpholine rings is 1. The zero-order valence-electron chi connectivity index (χ0n) is 13.3. The first kappa shape index (κ1) is 17.7. The van der Waals surface area contributed by atoms with Crippen LogP contribution in [0, 0.1) is 0 Å². The second kappa shape index (κ2) is 7.87. The standard InChI is InChI=1S/C16H17N3O4S2/c20-16(6-3-14-11-24-12-17-14)18-13-1-4-15(5-2-13)25(21,22)19-7-9-23-10-8-19/h1-6,11-12H,7-10H2,(H,18,20). The summed E-state index contributed by atoms with van der Waals surface area (Å²) >= 11 is 1.45. The highest BCUT2D eigenvalue weighted by Gasteiger charge is 2.26. The highest BCUT2D eigenvalue weighted by molar-refractivity contribution is 7.89. The number of thiazole rings is 1. The molecule has 0 radical (unpaired) electrons. The third-order valence-corrected chi connectivity index (χ3v) is 6.10. The molecule has 0 saturated carbocycles. The first-order valence-corrected chi connectivity index (χ1v) is 9.99. The third-order valence-electron chi connectivity index (χ3n) is 3.59.